The van der Waals surface area contributed by atoms with Gasteiger partial charge in [-0.05, 0) is 46.1 Å². The Bertz CT molecular complexity index is 569. The molecular formula is C14H11BrOS. The van der Waals surface area contributed by atoms with Crippen molar-refractivity contribution in [2.45, 2.75) is 6.92 Å². The van der Waals surface area contributed by atoms with Gasteiger partial charge in [0.15, 0.2) is 5.78 Å². The third kappa shape index (κ3) is 3.14. The molecule has 0 spiro atoms. The van der Waals surface area contributed by atoms with E-state index in [9.17, 15) is 4.79 Å². The van der Waals surface area contributed by atoms with Crippen molar-refractivity contribution in [1.29, 1.82) is 0 Å². The number of carbonyl (C=O) groups is 1. The van der Waals surface area contributed by atoms with E-state index in [1.54, 1.807) is 6.08 Å². The first-order valence-corrected chi connectivity index (χ1v) is 6.86. The van der Waals surface area contributed by atoms with Crippen molar-refractivity contribution in [3.63, 3.8) is 0 Å². The van der Waals surface area contributed by atoms with Crippen molar-refractivity contribution in [1.82, 2.24) is 0 Å². The molecule has 0 fully saturated rings. The molecule has 0 unspecified atom stereocenters. The van der Waals surface area contributed by atoms with E-state index in [-0.39, 0.29) is 5.78 Å². The average Bonchev–Trinajstić information content (AvgIpc) is 2.74. The summed E-state index contributed by atoms with van der Waals surface area (Å²) in [5.74, 6) is 0.0453. The number of aryl methyl sites for hydroxylation is 1. The molecule has 0 bridgehead atoms. The summed E-state index contributed by atoms with van der Waals surface area (Å²) in [5, 5.41) is 1.91. The van der Waals surface area contributed by atoms with Gasteiger partial charge in [0, 0.05) is 9.85 Å². The van der Waals surface area contributed by atoms with Crippen molar-refractivity contribution in [2.75, 3.05) is 0 Å². The number of rotatable bonds is 3. The summed E-state index contributed by atoms with van der Waals surface area (Å²) >= 11 is 4.79. The Hall–Kier alpha value is -1.19. The zero-order valence-corrected chi connectivity index (χ0v) is 11.7. The smallest absolute Gasteiger partial charge is 0.195 e. The van der Waals surface area contributed by atoms with E-state index in [0.29, 0.717) is 0 Å². The second-order valence-corrected chi connectivity index (χ2v) is 5.51. The van der Waals surface area contributed by atoms with Crippen LogP contribution in [-0.4, -0.2) is 5.78 Å². The molecule has 1 aromatic heterocycles. The van der Waals surface area contributed by atoms with Crippen LogP contribution >= 0.6 is 27.3 Å². The normalized spacial score (nSPS) is 10.9. The predicted octanol–water partition coefficient (Wildman–Crippen LogP) is 4.72. The molecule has 0 aliphatic rings. The molecule has 0 atom stereocenters. The van der Waals surface area contributed by atoms with Gasteiger partial charge < -0.3 is 0 Å². The van der Waals surface area contributed by atoms with Gasteiger partial charge in [0.1, 0.15) is 0 Å². The highest BCUT2D eigenvalue weighted by Crippen LogP contribution is 2.20. The minimum atomic E-state index is 0.0453. The molecule has 3 heteroatoms. The van der Waals surface area contributed by atoms with Gasteiger partial charge in [0.25, 0.3) is 0 Å². The Labute approximate surface area is 113 Å². The molecule has 17 heavy (non-hydrogen) atoms. The minimum Gasteiger partial charge on any atom is -0.288 e. The first kappa shape index (κ1) is 12.3. The standard InChI is InChI=1S/C14H11BrOS/c1-10-4-2-3-5-11(10)6-7-13(16)14-8-12(15)9-17-14/h2-9H,1H3/b7-6+. The Morgan fingerprint density at radius 3 is 2.76 bits per heavy atom. The van der Waals surface area contributed by atoms with Crippen LogP contribution in [0.25, 0.3) is 6.08 Å². The van der Waals surface area contributed by atoms with Crippen LogP contribution in [-0.2, 0) is 0 Å². The Morgan fingerprint density at radius 1 is 1.35 bits per heavy atom. The quantitative estimate of drug-likeness (QED) is 0.592. The second kappa shape index (κ2) is 5.43. The number of hydrogen-bond donors (Lipinski definition) is 0. The molecule has 0 N–H and O–H groups in total. The molecule has 86 valence electrons. The minimum absolute atomic E-state index is 0.0453. The lowest BCUT2D eigenvalue weighted by atomic mass is 10.1. The molecule has 1 aromatic carbocycles. The summed E-state index contributed by atoms with van der Waals surface area (Å²) in [6.45, 7) is 2.03. The highest BCUT2D eigenvalue weighted by atomic mass is 79.9. The fraction of sp³-hybridized carbons (Fsp3) is 0.0714. The Balaban J connectivity index is 2.17. The highest BCUT2D eigenvalue weighted by Gasteiger charge is 2.04. The lowest BCUT2D eigenvalue weighted by Crippen LogP contribution is -1.89. The van der Waals surface area contributed by atoms with E-state index in [2.05, 4.69) is 15.9 Å². The van der Waals surface area contributed by atoms with Crippen molar-refractivity contribution in [2.24, 2.45) is 0 Å². The van der Waals surface area contributed by atoms with Crippen molar-refractivity contribution >= 4 is 39.1 Å². The molecule has 0 aliphatic heterocycles. The van der Waals surface area contributed by atoms with Crippen molar-refractivity contribution in [3.8, 4) is 0 Å². The highest BCUT2D eigenvalue weighted by molar-refractivity contribution is 9.10. The van der Waals surface area contributed by atoms with Crippen molar-refractivity contribution in [3.05, 3.63) is 62.3 Å². The number of halogens is 1. The van der Waals surface area contributed by atoms with Crippen molar-refractivity contribution < 1.29 is 4.79 Å². The van der Waals surface area contributed by atoms with Gasteiger partial charge in [0.2, 0.25) is 0 Å². The van der Waals surface area contributed by atoms with Crippen LogP contribution in [0.4, 0.5) is 0 Å². The molecule has 1 heterocycles. The van der Waals surface area contributed by atoms with Gasteiger partial charge in [-0.1, -0.05) is 30.3 Å². The average molecular weight is 307 g/mol. The van der Waals surface area contributed by atoms with Crippen LogP contribution in [0.1, 0.15) is 20.8 Å². The maximum absolute atomic E-state index is 11.8. The van der Waals surface area contributed by atoms with Gasteiger partial charge in [0.05, 0.1) is 4.88 Å². The van der Waals surface area contributed by atoms with Crippen LogP contribution in [0.15, 0.2) is 46.3 Å². The lowest BCUT2D eigenvalue weighted by Gasteiger charge is -1.97. The summed E-state index contributed by atoms with van der Waals surface area (Å²) in [5.41, 5.74) is 2.25. The maximum Gasteiger partial charge on any atom is 0.195 e. The molecular weight excluding hydrogens is 296 g/mol. The third-order valence-corrected chi connectivity index (χ3v) is 4.12. The monoisotopic (exact) mass is 306 g/mol. The Morgan fingerprint density at radius 2 is 2.12 bits per heavy atom. The zero-order chi connectivity index (χ0) is 12.3. The van der Waals surface area contributed by atoms with E-state index in [1.165, 1.54) is 16.9 Å². The molecule has 2 rings (SSSR count). The van der Waals surface area contributed by atoms with Gasteiger partial charge in [-0.25, -0.2) is 0 Å². The predicted molar refractivity (Wildman–Crippen MR) is 76.6 cm³/mol. The number of hydrogen-bond acceptors (Lipinski definition) is 2. The fourth-order valence-electron chi connectivity index (χ4n) is 1.46. The van der Waals surface area contributed by atoms with Gasteiger partial charge in [-0.3, -0.25) is 4.79 Å². The van der Waals surface area contributed by atoms with Crippen LogP contribution in [0, 0.1) is 6.92 Å². The summed E-state index contributed by atoms with van der Waals surface area (Å²) in [6.07, 6.45) is 3.49. The van der Waals surface area contributed by atoms with Gasteiger partial charge in [-0.2, -0.15) is 0 Å². The summed E-state index contributed by atoms with van der Waals surface area (Å²) in [7, 11) is 0. The zero-order valence-electron chi connectivity index (χ0n) is 9.31. The fourth-order valence-corrected chi connectivity index (χ4v) is 2.81. The summed E-state index contributed by atoms with van der Waals surface area (Å²) < 4.78 is 0.954. The SMILES string of the molecule is Cc1ccccc1/C=C/C(=O)c1cc(Br)cs1. The number of carbonyl (C=O) groups excluding carboxylic acids is 1. The van der Waals surface area contributed by atoms with Gasteiger partial charge >= 0.3 is 0 Å². The topological polar surface area (TPSA) is 17.1 Å². The lowest BCUT2D eigenvalue weighted by molar-refractivity contribution is 0.105. The number of allylic oxidation sites excluding steroid dienone is 1. The number of ketones is 1. The molecule has 0 amide bonds. The van der Waals surface area contributed by atoms with E-state index >= 15 is 0 Å². The van der Waals surface area contributed by atoms with E-state index in [4.69, 9.17) is 0 Å². The van der Waals surface area contributed by atoms with Crippen LogP contribution in [0.3, 0.4) is 0 Å². The maximum atomic E-state index is 11.8. The van der Waals surface area contributed by atoms with E-state index in [0.717, 1.165) is 14.9 Å². The van der Waals surface area contributed by atoms with Crippen LogP contribution < -0.4 is 0 Å². The number of benzene rings is 1. The Kier molecular flexibility index (Phi) is 3.92. The molecule has 0 saturated carbocycles. The van der Waals surface area contributed by atoms with Crippen LogP contribution in [0.5, 0.6) is 0 Å². The molecule has 2 aromatic rings. The second-order valence-electron chi connectivity index (χ2n) is 3.68. The largest absolute Gasteiger partial charge is 0.288 e. The third-order valence-electron chi connectivity index (χ3n) is 2.41. The summed E-state index contributed by atoms with van der Waals surface area (Å²) in [4.78, 5) is 12.6. The summed E-state index contributed by atoms with van der Waals surface area (Å²) in [6, 6.07) is 9.84. The molecule has 1 nitrogen and oxygen atoms in total. The first-order chi connectivity index (χ1) is 8.16. The number of thiophene rings is 1. The van der Waals surface area contributed by atoms with E-state index < -0.39 is 0 Å². The first-order valence-electron chi connectivity index (χ1n) is 5.19. The van der Waals surface area contributed by atoms with Gasteiger partial charge in [-0.15, -0.1) is 11.3 Å². The van der Waals surface area contributed by atoms with Crippen LogP contribution in [0.2, 0.25) is 0 Å². The molecule has 0 saturated heterocycles. The molecule has 0 aliphatic carbocycles. The van der Waals surface area contributed by atoms with E-state index in [1.807, 2.05) is 48.7 Å². The molecule has 0 radical (unpaired) electrons.